The maximum atomic E-state index is 12.3. The summed E-state index contributed by atoms with van der Waals surface area (Å²) in [4.78, 5) is 10.0. The van der Waals surface area contributed by atoms with Gasteiger partial charge in [0.05, 0.1) is 0 Å². The number of carbonyl (C=O) groups is 1. The Morgan fingerprint density at radius 1 is 1.46 bits per heavy atom. The summed E-state index contributed by atoms with van der Waals surface area (Å²) in [5.74, 6) is -1.21. The van der Waals surface area contributed by atoms with E-state index < -0.39 is 11.6 Å². The molecule has 0 bridgehead atoms. The minimum absolute atomic E-state index is 0.263. The number of phenols is 1. The Hall–Kier alpha value is -1.42. The average molecular weight is 186 g/mol. The molecule has 1 rings (SSSR count). The first kappa shape index (κ1) is 11.6. The lowest BCUT2D eigenvalue weighted by Gasteiger charge is -1.93. The van der Waals surface area contributed by atoms with Gasteiger partial charge in [-0.3, -0.25) is 4.79 Å². The second-order valence-electron chi connectivity index (χ2n) is 2.24. The summed E-state index contributed by atoms with van der Waals surface area (Å²) < 4.78 is 16.5. The molecule has 0 aromatic heterocycles. The minimum Gasteiger partial charge on any atom is -0.505 e. The molecule has 0 saturated carbocycles. The molecule has 0 aliphatic carbocycles. The number of halogens is 1. The number of rotatable bonds is 1. The summed E-state index contributed by atoms with van der Waals surface area (Å²) in [5, 5.41) is 8.70. The quantitative estimate of drug-likeness (QED) is 0.677. The van der Waals surface area contributed by atoms with E-state index in [1.165, 1.54) is 6.07 Å². The second kappa shape index (κ2) is 6.14. The number of aldehydes is 1. The van der Waals surface area contributed by atoms with Crippen molar-refractivity contribution in [2.75, 3.05) is 14.2 Å². The zero-order valence-corrected chi connectivity index (χ0v) is 7.45. The van der Waals surface area contributed by atoms with Gasteiger partial charge in [0.1, 0.15) is 6.29 Å². The van der Waals surface area contributed by atoms with E-state index in [4.69, 9.17) is 5.11 Å². The molecule has 4 heteroatoms. The van der Waals surface area contributed by atoms with Crippen LogP contribution >= 0.6 is 0 Å². The molecular formula is C9H11FO3. The molecule has 0 unspecified atom stereocenters. The molecule has 1 aromatic rings. The van der Waals surface area contributed by atoms with Crippen LogP contribution in [-0.2, 0) is 4.74 Å². The third-order valence-corrected chi connectivity index (χ3v) is 1.11. The monoisotopic (exact) mass is 186 g/mol. The van der Waals surface area contributed by atoms with Gasteiger partial charge in [-0.2, -0.15) is 0 Å². The molecule has 1 N–H and O–H groups in total. The fraction of sp³-hybridized carbons (Fsp3) is 0.222. The second-order valence-corrected chi connectivity index (χ2v) is 2.24. The molecular weight excluding hydrogens is 175 g/mol. The summed E-state index contributed by atoms with van der Waals surface area (Å²) in [6.45, 7) is 0. The van der Waals surface area contributed by atoms with Crippen molar-refractivity contribution < 1.29 is 19.0 Å². The fourth-order valence-corrected chi connectivity index (χ4v) is 0.603. The first-order valence-corrected chi connectivity index (χ1v) is 3.49. The van der Waals surface area contributed by atoms with E-state index in [0.29, 0.717) is 6.29 Å². The van der Waals surface area contributed by atoms with Gasteiger partial charge < -0.3 is 9.84 Å². The Labute approximate surface area is 75.8 Å². The summed E-state index contributed by atoms with van der Waals surface area (Å²) in [6.07, 6.45) is 0.541. The lowest BCUT2D eigenvalue weighted by Crippen LogP contribution is -1.80. The number of benzene rings is 1. The Kier molecular flexibility index (Phi) is 5.47. The standard InChI is InChI=1S/C7H5FO2.C2H6O/c8-6-2-1-5(4-9)3-7(6)10;1-3-2/h1-4,10H;1-2H3. The van der Waals surface area contributed by atoms with Crippen molar-refractivity contribution in [1.82, 2.24) is 0 Å². The Morgan fingerprint density at radius 2 is 2.00 bits per heavy atom. The van der Waals surface area contributed by atoms with Crippen LogP contribution < -0.4 is 0 Å². The normalized spacial score (nSPS) is 8.54. The first-order chi connectivity index (χ1) is 6.15. The number of phenolic OH excluding ortho intramolecular Hbond substituents is 1. The lowest BCUT2D eigenvalue weighted by atomic mass is 10.2. The van der Waals surface area contributed by atoms with Crippen LogP contribution in [0.4, 0.5) is 4.39 Å². The lowest BCUT2D eigenvalue weighted by molar-refractivity contribution is 0.112. The third kappa shape index (κ3) is 4.22. The minimum atomic E-state index is -0.717. The average Bonchev–Trinajstić information content (AvgIpc) is 2.11. The van der Waals surface area contributed by atoms with Crippen molar-refractivity contribution in [1.29, 1.82) is 0 Å². The Bertz CT molecular complexity index is 274. The number of hydrogen-bond donors (Lipinski definition) is 1. The number of carbonyl (C=O) groups excluding carboxylic acids is 1. The molecule has 0 aliphatic heterocycles. The van der Waals surface area contributed by atoms with Gasteiger partial charge in [-0.1, -0.05) is 0 Å². The smallest absolute Gasteiger partial charge is 0.164 e. The van der Waals surface area contributed by atoms with Crippen molar-refractivity contribution in [3.05, 3.63) is 29.6 Å². The third-order valence-electron chi connectivity index (χ3n) is 1.11. The summed E-state index contributed by atoms with van der Waals surface area (Å²) in [5.41, 5.74) is 0.263. The van der Waals surface area contributed by atoms with Crippen molar-refractivity contribution in [2.45, 2.75) is 0 Å². The summed E-state index contributed by atoms with van der Waals surface area (Å²) >= 11 is 0. The van der Waals surface area contributed by atoms with Crippen LogP contribution in [0, 0.1) is 5.82 Å². The van der Waals surface area contributed by atoms with Crippen LogP contribution in [-0.4, -0.2) is 25.6 Å². The van der Waals surface area contributed by atoms with Crippen LogP contribution in [0.1, 0.15) is 10.4 Å². The summed E-state index contributed by atoms with van der Waals surface area (Å²) in [7, 11) is 3.25. The molecule has 0 aliphatic rings. The van der Waals surface area contributed by atoms with Crippen LogP contribution in [0.3, 0.4) is 0 Å². The highest BCUT2D eigenvalue weighted by atomic mass is 19.1. The number of methoxy groups -OCH3 is 1. The van der Waals surface area contributed by atoms with Gasteiger partial charge in [-0.15, -0.1) is 0 Å². The van der Waals surface area contributed by atoms with Gasteiger partial charge in [0.15, 0.2) is 11.6 Å². The molecule has 0 fully saturated rings. The van der Waals surface area contributed by atoms with Crippen molar-refractivity contribution in [3.8, 4) is 5.75 Å². The van der Waals surface area contributed by atoms with E-state index in [9.17, 15) is 9.18 Å². The van der Waals surface area contributed by atoms with Crippen LogP contribution in [0.25, 0.3) is 0 Å². The maximum Gasteiger partial charge on any atom is 0.164 e. The molecule has 0 saturated heterocycles. The van der Waals surface area contributed by atoms with E-state index in [1.54, 1.807) is 14.2 Å². The molecule has 13 heavy (non-hydrogen) atoms. The van der Waals surface area contributed by atoms with Gasteiger partial charge in [-0.25, -0.2) is 4.39 Å². The molecule has 0 amide bonds. The first-order valence-electron chi connectivity index (χ1n) is 3.49. The Balaban J connectivity index is 0.000000424. The van der Waals surface area contributed by atoms with Gasteiger partial charge >= 0.3 is 0 Å². The van der Waals surface area contributed by atoms with Crippen molar-refractivity contribution in [3.63, 3.8) is 0 Å². The van der Waals surface area contributed by atoms with Crippen LogP contribution in [0.2, 0.25) is 0 Å². The topological polar surface area (TPSA) is 46.5 Å². The van der Waals surface area contributed by atoms with E-state index in [-0.39, 0.29) is 5.56 Å². The zero-order chi connectivity index (χ0) is 10.3. The van der Waals surface area contributed by atoms with Gasteiger partial charge in [0.2, 0.25) is 0 Å². The van der Waals surface area contributed by atoms with E-state index in [0.717, 1.165) is 12.1 Å². The number of hydrogen-bond acceptors (Lipinski definition) is 3. The molecule has 0 atom stereocenters. The predicted molar refractivity (Wildman–Crippen MR) is 46.4 cm³/mol. The fourth-order valence-electron chi connectivity index (χ4n) is 0.603. The number of aromatic hydroxyl groups is 1. The molecule has 3 nitrogen and oxygen atoms in total. The molecule has 0 radical (unpaired) electrons. The van der Waals surface area contributed by atoms with Crippen molar-refractivity contribution in [2.24, 2.45) is 0 Å². The van der Waals surface area contributed by atoms with Gasteiger partial charge in [0, 0.05) is 19.8 Å². The molecule has 72 valence electrons. The highest BCUT2D eigenvalue weighted by Crippen LogP contribution is 2.14. The highest BCUT2D eigenvalue weighted by Gasteiger charge is 1.98. The molecule has 0 heterocycles. The van der Waals surface area contributed by atoms with E-state index >= 15 is 0 Å². The van der Waals surface area contributed by atoms with Crippen LogP contribution in [0.15, 0.2) is 18.2 Å². The number of ether oxygens (including phenoxy) is 1. The predicted octanol–water partition coefficient (Wildman–Crippen LogP) is 1.61. The Morgan fingerprint density at radius 3 is 2.38 bits per heavy atom. The molecule has 0 spiro atoms. The summed E-state index contributed by atoms with van der Waals surface area (Å²) in [6, 6.07) is 3.41. The largest absolute Gasteiger partial charge is 0.505 e. The van der Waals surface area contributed by atoms with Crippen LogP contribution in [0.5, 0.6) is 5.75 Å². The maximum absolute atomic E-state index is 12.3. The molecule has 1 aromatic carbocycles. The van der Waals surface area contributed by atoms with Gasteiger partial charge in [-0.05, 0) is 18.2 Å². The van der Waals surface area contributed by atoms with E-state index in [1.807, 2.05) is 0 Å². The van der Waals surface area contributed by atoms with Crippen molar-refractivity contribution >= 4 is 6.29 Å². The van der Waals surface area contributed by atoms with Gasteiger partial charge in [0.25, 0.3) is 0 Å². The zero-order valence-electron chi connectivity index (χ0n) is 7.45. The highest BCUT2D eigenvalue weighted by molar-refractivity contribution is 5.75. The van der Waals surface area contributed by atoms with E-state index in [2.05, 4.69) is 4.74 Å². The SMILES string of the molecule is COC.O=Cc1ccc(F)c(O)c1.